The average molecular weight is 240 g/mol. The molecule has 0 saturated carbocycles. The first-order valence-electron chi connectivity index (χ1n) is 6.35. The molecule has 2 heterocycles. The molecule has 5 heteroatoms. The van der Waals surface area contributed by atoms with E-state index in [4.69, 9.17) is 4.74 Å². The van der Waals surface area contributed by atoms with Gasteiger partial charge in [0, 0.05) is 32.2 Å². The lowest BCUT2D eigenvalue weighted by Gasteiger charge is -2.41. The highest BCUT2D eigenvalue weighted by Gasteiger charge is 2.35. The largest absolute Gasteiger partial charge is 0.372 e. The molecule has 2 aliphatic rings. The second-order valence-corrected chi connectivity index (χ2v) is 4.74. The Bertz CT molecular complexity index is 306. The quantitative estimate of drug-likeness (QED) is 0.764. The van der Waals surface area contributed by atoms with Crippen LogP contribution in [0.2, 0.25) is 0 Å². The van der Waals surface area contributed by atoms with Crippen molar-refractivity contribution in [2.24, 2.45) is 5.92 Å². The van der Waals surface area contributed by atoms with Gasteiger partial charge in [0.2, 0.25) is 11.8 Å². The van der Waals surface area contributed by atoms with Crippen LogP contribution in [0.1, 0.15) is 26.2 Å². The predicted molar refractivity (Wildman–Crippen MR) is 62.3 cm³/mol. The molecule has 2 atom stereocenters. The number of fused-ring (bicyclic) bond motifs is 1. The topological polar surface area (TPSA) is 58.6 Å². The van der Waals surface area contributed by atoms with Crippen molar-refractivity contribution < 1.29 is 14.3 Å². The fourth-order valence-corrected chi connectivity index (χ4v) is 2.62. The Kier molecular flexibility index (Phi) is 3.99. The number of rotatable bonds is 3. The van der Waals surface area contributed by atoms with Crippen molar-refractivity contribution in [3.8, 4) is 0 Å². The van der Waals surface area contributed by atoms with E-state index in [0.29, 0.717) is 18.9 Å². The minimum Gasteiger partial charge on any atom is -0.372 e. The molecule has 2 saturated heterocycles. The van der Waals surface area contributed by atoms with Crippen molar-refractivity contribution in [2.75, 3.05) is 26.3 Å². The third-order valence-electron chi connectivity index (χ3n) is 3.60. The van der Waals surface area contributed by atoms with Gasteiger partial charge in [0.1, 0.15) is 6.61 Å². The summed E-state index contributed by atoms with van der Waals surface area (Å²) in [7, 11) is 0. The van der Waals surface area contributed by atoms with Crippen LogP contribution in [0.5, 0.6) is 0 Å². The number of hydrogen-bond donors (Lipinski definition) is 1. The molecule has 17 heavy (non-hydrogen) atoms. The third-order valence-corrected chi connectivity index (χ3v) is 3.60. The highest BCUT2D eigenvalue weighted by Crippen LogP contribution is 2.25. The van der Waals surface area contributed by atoms with Crippen LogP contribution >= 0.6 is 0 Å². The number of piperidine rings is 2. The first kappa shape index (κ1) is 12.4. The summed E-state index contributed by atoms with van der Waals surface area (Å²) in [6, 6.07) is 0.271. The van der Waals surface area contributed by atoms with Gasteiger partial charge in [-0.2, -0.15) is 0 Å². The van der Waals surface area contributed by atoms with E-state index in [1.165, 1.54) is 0 Å². The van der Waals surface area contributed by atoms with Crippen molar-refractivity contribution in [3.63, 3.8) is 0 Å². The zero-order valence-electron chi connectivity index (χ0n) is 10.3. The molecule has 1 N–H and O–H groups in total. The van der Waals surface area contributed by atoms with Crippen LogP contribution < -0.4 is 5.32 Å². The van der Waals surface area contributed by atoms with Crippen LogP contribution in [-0.2, 0) is 14.3 Å². The summed E-state index contributed by atoms with van der Waals surface area (Å²) in [4.78, 5) is 24.9. The zero-order valence-corrected chi connectivity index (χ0v) is 10.3. The highest BCUT2D eigenvalue weighted by molar-refractivity contribution is 5.78. The van der Waals surface area contributed by atoms with E-state index in [0.717, 1.165) is 25.9 Å². The van der Waals surface area contributed by atoms with Gasteiger partial charge in [-0.25, -0.2) is 0 Å². The normalized spacial score (nSPS) is 28.5. The minimum absolute atomic E-state index is 0.0715. The number of ether oxygens (including phenoxy) is 1. The number of nitrogens with zero attached hydrogens (tertiary/aromatic N) is 1. The van der Waals surface area contributed by atoms with Gasteiger partial charge in [-0.05, 0) is 25.7 Å². The molecule has 0 aromatic rings. The van der Waals surface area contributed by atoms with Crippen LogP contribution in [0.3, 0.4) is 0 Å². The Morgan fingerprint density at radius 1 is 1.53 bits per heavy atom. The van der Waals surface area contributed by atoms with Crippen LogP contribution in [0.15, 0.2) is 0 Å². The van der Waals surface area contributed by atoms with Crippen LogP contribution in [0.25, 0.3) is 0 Å². The second kappa shape index (κ2) is 5.49. The van der Waals surface area contributed by atoms with Gasteiger partial charge in [0.05, 0.1) is 0 Å². The van der Waals surface area contributed by atoms with E-state index >= 15 is 0 Å². The lowest BCUT2D eigenvalue weighted by atomic mass is 9.85. The lowest BCUT2D eigenvalue weighted by molar-refractivity contribution is -0.139. The standard InChI is InChI=1S/C12H20N2O3/c1-2-17-8-12(16)14-6-5-10-9(7-14)3-4-11(15)13-10/h9-10H,2-8H2,1H3,(H,13,15). The fraction of sp³-hybridized carbons (Fsp3) is 0.833. The number of nitrogens with one attached hydrogen (secondary N) is 1. The number of carbonyl (C=O) groups is 2. The summed E-state index contributed by atoms with van der Waals surface area (Å²) in [5, 5.41) is 3.01. The number of likely N-dealkylation sites (tertiary alicyclic amines) is 1. The SMILES string of the molecule is CCOCC(=O)N1CCC2NC(=O)CCC2C1. The van der Waals surface area contributed by atoms with Crippen LogP contribution in [0, 0.1) is 5.92 Å². The summed E-state index contributed by atoms with van der Waals surface area (Å²) in [5.41, 5.74) is 0. The monoisotopic (exact) mass is 240 g/mol. The van der Waals surface area contributed by atoms with Gasteiger partial charge >= 0.3 is 0 Å². The Morgan fingerprint density at radius 3 is 3.12 bits per heavy atom. The molecular formula is C12H20N2O3. The van der Waals surface area contributed by atoms with Crippen molar-refractivity contribution in [1.29, 1.82) is 0 Å². The molecule has 2 aliphatic heterocycles. The van der Waals surface area contributed by atoms with Crippen molar-refractivity contribution in [3.05, 3.63) is 0 Å². The molecular weight excluding hydrogens is 220 g/mol. The minimum atomic E-state index is 0.0715. The van der Waals surface area contributed by atoms with E-state index in [9.17, 15) is 9.59 Å². The predicted octanol–water partition coefficient (Wildman–Crippen LogP) is 0.150. The van der Waals surface area contributed by atoms with E-state index in [1.807, 2.05) is 11.8 Å². The molecule has 0 aliphatic carbocycles. The Labute approximate surface area is 101 Å². The van der Waals surface area contributed by atoms with Crippen molar-refractivity contribution in [1.82, 2.24) is 10.2 Å². The maximum absolute atomic E-state index is 11.8. The van der Waals surface area contributed by atoms with Crippen molar-refractivity contribution >= 4 is 11.8 Å². The maximum Gasteiger partial charge on any atom is 0.248 e. The van der Waals surface area contributed by atoms with Gasteiger partial charge in [0.15, 0.2) is 0 Å². The molecule has 0 aromatic carbocycles. The summed E-state index contributed by atoms with van der Waals surface area (Å²) in [5.74, 6) is 0.648. The molecule has 5 nitrogen and oxygen atoms in total. The number of hydrogen-bond acceptors (Lipinski definition) is 3. The third kappa shape index (κ3) is 2.97. The van der Waals surface area contributed by atoms with Crippen LogP contribution in [-0.4, -0.2) is 49.1 Å². The van der Waals surface area contributed by atoms with Crippen molar-refractivity contribution in [2.45, 2.75) is 32.2 Å². The number of carbonyl (C=O) groups excluding carboxylic acids is 2. The second-order valence-electron chi connectivity index (χ2n) is 4.74. The highest BCUT2D eigenvalue weighted by atomic mass is 16.5. The zero-order chi connectivity index (χ0) is 12.3. The van der Waals surface area contributed by atoms with Crippen LogP contribution in [0.4, 0.5) is 0 Å². The summed E-state index contributed by atoms with van der Waals surface area (Å²) < 4.78 is 5.14. The molecule has 0 aromatic heterocycles. The van der Waals surface area contributed by atoms with Gasteiger partial charge in [-0.15, -0.1) is 0 Å². The van der Waals surface area contributed by atoms with E-state index in [1.54, 1.807) is 0 Å². The molecule has 0 radical (unpaired) electrons. The fourth-order valence-electron chi connectivity index (χ4n) is 2.62. The summed E-state index contributed by atoms with van der Waals surface area (Å²) >= 11 is 0. The van der Waals surface area contributed by atoms with E-state index < -0.39 is 0 Å². The Hall–Kier alpha value is -1.10. The first-order valence-corrected chi connectivity index (χ1v) is 6.35. The van der Waals surface area contributed by atoms with E-state index in [-0.39, 0.29) is 24.5 Å². The van der Waals surface area contributed by atoms with Gasteiger partial charge in [-0.1, -0.05) is 0 Å². The smallest absolute Gasteiger partial charge is 0.248 e. The molecule has 2 unspecified atom stereocenters. The average Bonchev–Trinajstić information content (AvgIpc) is 2.35. The maximum atomic E-state index is 11.8. The molecule has 96 valence electrons. The number of amides is 2. The van der Waals surface area contributed by atoms with Gasteiger partial charge in [-0.3, -0.25) is 9.59 Å². The molecule has 0 bridgehead atoms. The Balaban J connectivity index is 1.85. The molecule has 2 fully saturated rings. The summed E-state index contributed by atoms with van der Waals surface area (Å²) in [6.07, 6.45) is 2.36. The van der Waals surface area contributed by atoms with E-state index in [2.05, 4.69) is 5.32 Å². The molecule has 2 amide bonds. The molecule has 0 spiro atoms. The first-order chi connectivity index (χ1) is 8.20. The Morgan fingerprint density at radius 2 is 2.35 bits per heavy atom. The lowest BCUT2D eigenvalue weighted by Crippen LogP contribution is -2.55. The molecule has 2 rings (SSSR count). The van der Waals surface area contributed by atoms with Gasteiger partial charge in [0.25, 0.3) is 0 Å². The van der Waals surface area contributed by atoms with Gasteiger partial charge < -0.3 is 15.0 Å². The summed E-state index contributed by atoms with van der Waals surface area (Å²) in [6.45, 7) is 4.13.